The van der Waals surface area contributed by atoms with Crippen molar-refractivity contribution >= 4 is 12.4 Å². The summed E-state index contributed by atoms with van der Waals surface area (Å²) in [6.45, 7) is 12.0. The summed E-state index contributed by atoms with van der Waals surface area (Å²) >= 11 is 0. The Morgan fingerprint density at radius 3 is 2.62 bits per heavy atom. The number of carbonyl (C=O) groups excluding carboxylic acids is 2. The van der Waals surface area contributed by atoms with Crippen LogP contribution >= 0.6 is 0 Å². The van der Waals surface area contributed by atoms with E-state index in [9.17, 15) is 9.59 Å². The summed E-state index contributed by atoms with van der Waals surface area (Å²) in [4.78, 5) is 22.6. The molecule has 2 fully saturated rings. The van der Waals surface area contributed by atoms with Crippen molar-refractivity contribution in [2.24, 2.45) is 40.9 Å². The van der Waals surface area contributed by atoms with Gasteiger partial charge in [0.1, 0.15) is 12.4 Å². The standard InChI is InChI=1S/C34H55NO5/c1-24(2)7-5-8-25(3)31-13-14-32-30-11-9-26-23-27(10-12-28(26)29(30)15-16-34(31,32)4)40-33(37)35-17-20-39-22-21-38-19-6-18-36/h9,12,18,24-25,27,29-32H,5-8,10-11,13-17,19-23H2,1-4H3,(H,35,37)/t25-,27+,29-,30-,31-,32+,34-/m1/s1. The van der Waals surface area contributed by atoms with Crippen molar-refractivity contribution in [1.29, 1.82) is 0 Å². The van der Waals surface area contributed by atoms with Gasteiger partial charge < -0.3 is 24.3 Å². The molecule has 0 saturated heterocycles. The van der Waals surface area contributed by atoms with Crippen LogP contribution in [0.25, 0.3) is 0 Å². The van der Waals surface area contributed by atoms with E-state index >= 15 is 0 Å². The molecular formula is C34H55NO5. The highest BCUT2D eigenvalue weighted by atomic mass is 16.6. The lowest BCUT2D eigenvalue weighted by Gasteiger charge is -2.52. The maximum absolute atomic E-state index is 12.4. The van der Waals surface area contributed by atoms with Crippen LogP contribution in [0.2, 0.25) is 0 Å². The predicted octanol–water partition coefficient (Wildman–Crippen LogP) is 7.27. The van der Waals surface area contributed by atoms with Crippen molar-refractivity contribution in [3.8, 4) is 0 Å². The number of hydrogen-bond donors (Lipinski definition) is 1. The number of carbonyl (C=O) groups is 2. The first-order valence-corrected chi connectivity index (χ1v) is 16.3. The molecule has 226 valence electrons. The molecule has 0 spiro atoms. The molecule has 0 aromatic heterocycles. The van der Waals surface area contributed by atoms with Crippen molar-refractivity contribution in [1.82, 2.24) is 5.32 Å². The van der Waals surface area contributed by atoms with Crippen LogP contribution in [0.1, 0.15) is 98.3 Å². The molecule has 6 heteroatoms. The van der Waals surface area contributed by atoms with Crippen LogP contribution in [0.15, 0.2) is 23.3 Å². The number of aldehydes is 1. The lowest BCUT2D eigenvalue weighted by Crippen LogP contribution is -2.44. The lowest BCUT2D eigenvalue weighted by atomic mass is 9.52. The van der Waals surface area contributed by atoms with Gasteiger partial charge in [-0.05, 0) is 84.2 Å². The molecule has 2 saturated carbocycles. The average molecular weight is 558 g/mol. The maximum Gasteiger partial charge on any atom is 0.407 e. The number of fused-ring (bicyclic) bond motifs is 5. The molecule has 4 aliphatic carbocycles. The number of alkyl carbamates (subject to hydrolysis) is 1. The molecule has 0 aromatic carbocycles. The van der Waals surface area contributed by atoms with Gasteiger partial charge in [0.05, 0.1) is 26.4 Å². The van der Waals surface area contributed by atoms with Crippen LogP contribution in [0.5, 0.6) is 0 Å². The van der Waals surface area contributed by atoms with Crippen molar-refractivity contribution in [2.45, 2.75) is 104 Å². The number of rotatable bonds is 15. The van der Waals surface area contributed by atoms with E-state index in [1.54, 1.807) is 5.57 Å². The van der Waals surface area contributed by atoms with E-state index in [1.165, 1.54) is 56.9 Å². The molecule has 0 aliphatic heterocycles. The monoisotopic (exact) mass is 557 g/mol. The van der Waals surface area contributed by atoms with Crippen LogP contribution in [0.3, 0.4) is 0 Å². The van der Waals surface area contributed by atoms with E-state index < -0.39 is 0 Å². The van der Waals surface area contributed by atoms with Crippen LogP contribution < -0.4 is 5.32 Å². The van der Waals surface area contributed by atoms with E-state index in [2.05, 4.69) is 45.2 Å². The molecule has 0 unspecified atom stereocenters. The average Bonchev–Trinajstić information content (AvgIpc) is 3.29. The van der Waals surface area contributed by atoms with E-state index in [1.807, 2.05) is 0 Å². The zero-order valence-electron chi connectivity index (χ0n) is 25.6. The molecule has 0 radical (unpaired) electrons. The Hall–Kier alpha value is -1.66. The Kier molecular flexibility index (Phi) is 11.7. The third kappa shape index (κ3) is 7.79. The zero-order valence-corrected chi connectivity index (χ0v) is 25.6. The molecule has 0 heterocycles. The van der Waals surface area contributed by atoms with Crippen molar-refractivity contribution < 1.29 is 23.8 Å². The fourth-order valence-electron chi connectivity index (χ4n) is 8.69. The summed E-state index contributed by atoms with van der Waals surface area (Å²) < 4.78 is 16.5. The molecular weight excluding hydrogens is 502 g/mol. The van der Waals surface area contributed by atoms with E-state index in [-0.39, 0.29) is 12.2 Å². The minimum absolute atomic E-state index is 0.0879. The second kappa shape index (κ2) is 15.0. The summed E-state index contributed by atoms with van der Waals surface area (Å²) in [6, 6.07) is 0. The quantitative estimate of drug-likeness (QED) is 0.169. The Morgan fingerprint density at radius 2 is 1.85 bits per heavy atom. The Morgan fingerprint density at radius 1 is 1.05 bits per heavy atom. The first-order valence-electron chi connectivity index (χ1n) is 16.3. The highest BCUT2D eigenvalue weighted by Gasteiger charge is 2.55. The molecule has 6 nitrogen and oxygen atoms in total. The van der Waals surface area contributed by atoms with Gasteiger partial charge in [0.25, 0.3) is 0 Å². The Labute approximate surface area is 243 Å². The molecule has 1 amide bonds. The number of nitrogens with one attached hydrogen (secondary N) is 1. The van der Waals surface area contributed by atoms with Gasteiger partial charge in [0.15, 0.2) is 0 Å². The van der Waals surface area contributed by atoms with Crippen molar-refractivity contribution in [3.05, 3.63) is 23.3 Å². The van der Waals surface area contributed by atoms with Gasteiger partial charge in [0.2, 0.25) is 0 Å². The number of ether oxygens (including phenoxy) is 3. The Bertz CT molecular complexity index is 897. The van der Waals surface area contributed by atoms with Crippen molar-refractivity contribution in [3.63, 3.8) is 0 Å². The molecule has 4 aliphatic rings. The summed E-state index contributed by atoms with van der Waals surface area (Å²) in [5.74, 6) is 4.89. The molecule has 40 heavy (non-hydrogen) atoms. The first kappa shape index (κ1) is 31.3. The smallest absolute Gasteiger partial charge is 0.407 e. The normalized spacial score (nSPS) is 31.9. The minimum Gasteiger partial charge on any atom is -0.446 e. The van der Waals surface area contributed by atoms with Crippen molar-refractivity contribution in [2.75, 3.05) is 33.0 Å². The van der Waals surface area contributed by atoms with E-state index in [0.29, 0.717) is 50.7 Å². The van der Waals surface area contributed by atoms with E-state index in [0.717, 1.165) is 48.7 Å². The first-order chi connectivity index (χ1) is 19.3. The van der Waals surface area contributed by atoms with Crippen LogP contribution in [-0.4, -0.2) is 51.5 Å². The maximum atomic E-state index is 12.4. The number of hydrogen-bond acceptors (Lipinski definition) is 5. The second-order valence-corrected chi connectivity index (χ2v) is 13.6. The zero-order chi connectivity index (χ0) is 28.5. The molecule has 7 atom stereocenters. The van der Waals surface area contributed by atoms with Gasteiger partial charge in [-0.25, -0.2) is 4.79 Å². The number of allylic oxidation sites excluding steroid dienone is 2. The summed E-state index contributed by atoms with van der Waals surface area (Å²) in [5, 5.41) is 2.81. The van der Waals surface area contributed by atoms with Gasteiger partial charge in [-0.1, -0.05) is 59.1 Å². The summed E-state index contributed by atoms with van der Waals surface area (Å²) in [7, 11) is 0. The molecule has 1 N–H and O–H groups in total. The topological polar surface area (TPSA) is 73.9 Å². The second-order valence-electron chi connectivity index (χ2n) is 13.6. The number of amides is 1. The lowest BCUT2D eigenvalue weighted by molar-refractivity contribution is -0.108. The Balaban J connectivity index is 1.21. The fraction of sp³-hybridized carbons (Fsp3) is 0.824. The van der Waals surface area contributed by atoms with Gasteiger partial charge in [-0.2, -0.15) is 0 Å². The van der Waals surface area contributed by atoms with Gasteiger partial charge in [-0.3, -0.25) is 0 Å². The van der Waals surface area contributed by atoms with Gasteiger partial charge >= 0.3 is 6.09 Å². The van der Waals surface area contributed by atoms with Crippen LogP contribution in [-0.2, 0) is 19.0 Å². The predicted molar refractivity (Wildman–Crippen MR) is 159 cm³/mol. The van der Waals surface area contributed by atoms with Crippen LogP contribution in [0, 0.1) is 40.9 Å². The third-order valence-corrected chi connectivity index (χ3v) is 10.6. The summed E-state index contributed by atoms with van der Waals surface area (Å²) in [6.07, 6.45) is 18.2. The summed E-state index contributed by atoms with van der Waals surface area (Å²) in [5.41, 5.74) is 3.52. The largest absolute Gasteiger partial charge is 0.446 e. The van der Waals surface area contributed by atoms with Gasteiger partial charge in [0, 0.05) is 25.8 Å². The molecule has 4 rings (SSSR count). The SMILES string of the molecule is CC(C)CCC[C@@H](C)[C@H]1CC[C@H]2[C@@H]3CC=C4C[C@@H](OC(=O)NCCOCCOCCC=O)CC=C4[C@H]3CC[C@]12C. The van der Waals surface area contributed by atoms with Crippen LogP contribution in [0.4, 0.5) is 4.79 Å². The van der Waals surface area contributed by atoms with E-state index in [4.69, 9.17) is 14.2 Å². The third-order valence-electron chi connectivity index (χ3n) is 10.6. The minimum atomic E-state index is -0.366. The molecule has 0 aromatic rings. The molecule has 0 bridgehead atoms. The van der Waals surface area contributed by atoms with Gasteiger partial charge in [-0.15, -0.1) is 0 Å². The highest BCUT2D eigenvalue weighted by Crippen LogP contribution is 2.64. The highest BCUT2D eigenvalue weighted by molar-refractivity contribution is 5.67. The fourth-order valence-corrected chi connectivity index (χ4v) is 8.69.